The molecule has 0 bridgehead atoms. The van der Waals surface area contributed by atoms with Crippen molar-refractivity contribution in [2.45, 2.75) is 20.8 Å². The summed E-state index contributed by atoms with van der Waals surface area (Å²) in [6.45, 7) is 4.57. The van der Waals surface area contributed by atoms with Gasteiger partial charge in [-0.1, -0.05) is 0 Å². The lowest BCUT2D eigenvalue weighted by Crippen LogP contribution is -1.87. The van der Waals surface area contributed by atoms with Crippen molar-refractivity contribution in [1.82, 2.24) is 4.98 Å². The Hall–Kier alpha value is -1.03. The van der Waals surface area contributed by atoms with Gasteiger partial charge >= 0.3 is 0 Å². The first-order chi connectivity index (χ1) is 5.54. The zero-order valence-electron chi connectivity index (χ0n) is 7.33. The molecule has 12 heavy (non-hydrogen) atoms. The largest absolute Gasteiger partial charge is 0.300 e. The lowest BCUT2D eigenvalue weighted by Gasteiger charge is -1.78. The van der Waals surface area contributed by atoms with Gasteiger partial charge < -0.3 is 4.79 Å². The summed E-state index contributed by atoms with van der Waals surface area (Å²) in [5.74, 6) is 0.208. The van der Waals surface area contributed by atoms with Crippen molar-refractivity contribution >= 4 is 22.9 Å². The van der Waals surface area contributed by atoms with Gasteiger partial charge in [-0.2, -0.15) is 0 Å². The zero-order chi connectivity index (χ0) is 9.56. The minimum absolute atomic E-state index is 0.0417. The summed E-state index contributed by atoms with van der Waals surface area (Å²) in [4.78, 5) is 23.7. The summed E-state index contributed by atoms with van der Waals surface area (Å²) in [5.41, 5.74) is 0. The fraction of sp³-hybridized carbons (Fsp3) is 0.375. The summed E-state index contributed by atoms with van der Waals surface area (Å²) in [6, 6.07) is 0. The van der Waals surface area contributed by atoms with Crippen LogP contribution in [0.15, 0.2) is 11.6 Å². The lowest BCUT2D eigenvalue weighted by molar-refractivity contribution is -0.114. The van der Waals surface area contributed by atoms with Crippen LogP contribution in [-0.4, -0.2) is 16.6 Å². The minimum Gasteiger partial charge on any atom is -0.300 e. The summed E-state index contributed by atoms with van der Waals surface area (Å²) < 4.78 is 0. The Morgan fingerprint density at radius 2 is 1.83 bits per heavy atom. The van der Waals surface area contributed by atoms with Crippen molar-refractivity contribution in [3.8, 4) is 0 Å². The first-order valence-electron chi connectivity index (χ1n) is 3.41. The second-order valence-electron chi connectivity index (χ2n) is 2.30. The summed E-state index contributed by atoms with van der Waals surface area (Å²) in [7, 11) is 0. The van der Waals surface area contributed by atoms with Crippen LogP contribution in [-0.2, 0) is 4.79 Å². The third-order valence-electron chi connectivity index (χ3n) is 0.733. The van der Waals surface area contributed by atoms with Crippen molar-refractivity contribution in [2.24, 2.45) is 0 Å². The van der Waals surface area contributed by atoms with Crippen LogP contribution in [0, 0.1) is 0 Å². The molecular weight excluding hydrogens is 174 g/mol. The fourth-order valence-electron chi connectivity index (χ4n) is 0.397. The molecule has 0 aliphatic heterocycles. The number of carbonyl (C=O) groups excluding carboxylic acids is 2. The molecule has 0 unspecified atom stereocenters. The Bertz CT molecular complexity index is 250. The molecule has 1 aromatic heterocycles. The van der Waals surface area contributed by atoms with Crippen molar-refractivity contribution in [1.29, 1.82) is 0 Å². The van der Waals surface area contributed by atoms with E-state index >= 15 is 0 Å². The molecule has 0 fully saturated rings. The van der Waals surface area contributed by atoms with Gasteiger partial charge in [0.05, 0.1) is 0 Å². The Kier molecular flexibility index (Phi) is 5.12. The van der Waals surface area contributed by atoms with Gasteiger partial charge in [0.2, 0.25) is 0 Å². The van der Waals surface area contributed by atoms with E-state index in [-0.39, 0.29) is 11.6 Å². The van der Waals surface area contributed by atoms with Gasteiger partial charge in [0.15, 0.2) is 10.8 Å². The summed E-state index contributed by atoms with van der Waals surface area (Å²) in [6.07, 6.45) is 1.63. The number of ketones is 2. The standard InChI is InChI=1S/C5H5NOS.C3H6O/c1-4(7)5-6-2-3-8-5;1-3(2)4/h2-3H,1H3;1-2H3. The highest BCUT2D eigenvalue weighted by Crippen LogP contribution is 2.02. The molecule has 1 aromatic rings. The number of Topliss-reactive ketones (excluding diaryl/α,β-unsaturated/α-hetero) is 2. The smallest absolute Gasteiger partial charge is 0.188 e. The highest BCUT2D eigenvalue weighted by molar-refractivity contribution is 7.11. The molecule has 0 aliphatic rings. The van der Waals surface area contributed by atoms with Crippen LogP contribution in [0.3, 0.4) is 0 Å². The van der Waals surface area contributed by atoms with Crippen LogP contribution in [0.25, 0.3) is 0 Å². The predicted octanol–water partition coefficient (Wildman–Crippen LogP) is 1.94. The maximum atomic E-state index is 10.5. The fourth-order valence-corrected chi connectivity index (χ4v) is 0.936. The average molecular weight is 185 g/mol. The van der Waals surface area contributed by atoms with Crippen LogP contribution >= 0.6 is 11.3 Å². The summed E-state index contributed by atoms with van der Waals surface area (Å²) in [5, 5.41) is 2.38. The molecule has 0 saturated heterocycles. The van der Waals surface area contributed by atoms with E-state index in [9.17, 15) is 9.59 Å². The van der Waals surface area contributed by atoms with Crippen molar-refractivity contribution in [3.05, 3.63) is 16.6 Å². The van der Waals surface area contributed by atoms with E-state index in [1.807, 2.05) is 0 Å². The van der Waals surface area contributed by atoms with Gasteiger partial charge in [0, 0.05) is 18.5 Å². The molecule has 0 spiro atoms. The summed E-state index contributed by atoms with van der Waals surface area (Å²) >= 11 is 1.37. The predicted molar refractivity (Wildman–Crippen MR) is 48.5 cm³/mol. The quantitative estimate of drug-likeness (QED) is 0.628. The Labute approximate surface area is 75.4 Å². The van der Waals surface area contributed by atoms with Gasteiger partial charge in [-0.3, -0.25) is 4.79 Å². The van der Waals surface area contributed by atoms with Crippen LogP contribution in [0.1, 0.15) is 30.6 Å². The second-order valence-corrected chi connectivity index (χ2v) is 3.20. The molecule has 0 aromatic carbocycles. The topological polar surface area (TPSA) is 47.0 Å². The van der Waals surface area contributed by atoms with Gasteiger partial charge in [-0.15, -0.1) is 11.3 Å². The van der Waals surface area contributed by atoms with Gasteiger partial charge in [-0.05, 0) is 13.8 Å². The van der Waals surface area contributed by atoms with E-state index in [0.717, 1.165) is 0 Å². The molecule has 1 heterocycles. The number of rotatable bonds is 1. The molecule has 0 radical (unpaired) electrons. The van der Waals surface area contributed by atoms with E-state index in [4.69, 9.17) is 0 Å². The van der Waals surface area contributed by atoms with E-state index in [2.05, 4.69) is 4.98 Å². The van der Waals surface area contributed by atoms with Gasteiger partial charge in [0.1, 0.15) is 5.78 Å². The van der Waals surface area contributed by atoms with Crippen LogP contribution in [0.4, 0.5) is 0 Å². The molecule has 3 nitrogen and oxygen atoms in total. The molecular formula is C8H11NO2S. The minimum atomic E-state index is 0.0417. The van der Waals surface area contributed by atoms with Crippen LogP contribution in [0.5, 0.6) is 0 Å². The number of thiazole rings is 1. The normalized spacial score (nSPS) is 8.25. The third-order valence-corrected chi connectivity index (χ3v) is 1.61. The van der Waals surface area contributed by atoms with Gasteiger partial charge in [-0.25, -0.2) is 4.98 Å². The SMILES string of the molecule is CC(=O)c1nccs1.CC(C)=O. The average Bonchev–Trinajstić information content (AvgIpc) is 2.34. The van der Waals surface area contributed by atoms with E-state index < -0.39 is 0 Å². The number of hydrogen-bond acceptors (Lipinski definition) is 4. The van der Waals surface area contributed by atoms with E-state index in [1.54, 1.807) is 11.6 Å². The monoisotopic (exact) mass is 185 g/mol. The lowest BCUT2D eigenvalue weighted by atomic mass is 10.5. The molecule has 4 heteroatoms. The number of nitrogens with zero attached hydrogens (tertiary/aromatic N) is 1. The molecule has 0 N–H and O–H groups in total. The Morgan fingerprint density at radius 3 is 2.00 bits per heavy atom. The first kappa shape index (κ1) is 11.0. The van der Waals surface area contributed by atoms with Crippen LogP contribution in [0.2, 0.25) is 0 Å². The van der Waals surface area contributed by atoms with Crippen LogP contribution < -0.4 is 0 Å². The van der Waals surface area contributed by atoms with Gasteiger partial charge in [0.25, 0.3) is 0 Å². The molecule has 0 amide bonds. The maximum absolute atomic E-state index is 10.5. The first-order valence-corrected chi connectivity index (χ1v) is 4.29. The Balaban J connectivity index is 0.000000261. The van der Waals surface area contributed by atoms with E-state index in [0.29, 0.717) is 5.01 Å². The second kappa shape index (κ2) is 5.60. The molecule has 1 rings (SSSR count). The molecule has 66 valence electrons. The van der Waals surface area contributed by atoms with Crippen molar-refractivity contribution < 1.29 is 9.59 Å². The molecule has 0 saturated carbocycles. The molecule has 0 aliphatic carbocycles. The highest BCUT2D eigenvalue weighted by Gasteiger charge is 1.97. The number of carbonyl (C=O) groups is 2. The Morgan fingerprint density at radius 1 is 1.33 bits per heavy atom. The highest BCUT2D eigenvalue weighted by atomic mass is 32.1. The molecule has 0 atom stereocenters. The number of aromatic nitrogens is 1. The zero-order valence-corrected chi connectivity index (χ0v) is 8.14. The number of hydrogen-bond donors (Lipinski definition) is 0. The maximum Gasteiger partial charge on any atom is 0.188 e. The van der Waals surface area contributed by atoms with Crippen molar-refractivity contribution in [2.75, 3.05) is 0 Å². The van der Waals surface area contributed by atoms with Crippen molar-refractivity contribution in [3.63, 3.8) is 0 Å². The van der Waals surface area contributed by atoms with E-state index in [1.165, 1.54) is 32.1 Å². The third kappa shape index (κ3) is 5.73.